The molecule has 1 heterocycles. The Kier molecular flexibility index (Phi) is 12.6. The summed E-state index contributed by atoms with van der Waals surface area (Å²) >= 11 is 0. The fraction of sp³-hybridized carbons (Fsp3) is 0.282. The molecule has 0 saturated carbocycles. The van der Waals surface area contributed by atoms with E-state index in [0.29, 0.717) is 18.0 Å². The molecule has 0 spiro atoms. The number of rotatable bonds is 10. The summed E-state index contributed by atoms with van der Waals surface area (Å²) in [6, 6.07) is 25.6. The van der Waals surface area contributed by atoms with Crippen molar-refractivity contribution in [2.24, 2.45) is 0 Å². The van der Waals surface area contributed by atoms with E-state index in [4.69, 9.17) is 14.2 Å². The van der Waals surface area contributed by atoms with Crippen molar-refractivity contribution >= 4 is 23.6 Å². The molecule has 0 fully saturated rings. The van der Waals surface area contributed by atoms with Crippen LogP contribution in [0.15, 0.2) is 103 Å². The topological polar surface area (TPSA) is 135 Å². The summed E-state index contributed by atoms with van der Waals surface area (Å²) in [5, 5.41) is 8.33. The molecule has 1 aliphatic heterocycles. The van der Waals surface area contributed by atoms with Gasteiger partial charge in [-0.25, -0.2) is 4.39 Å². The second kappa shape index (κ2) is 17.7. The van der Waals surface area contributed by atoms with E-state index < -0.39 is 48.1 Å². The lowest BCUT2D eigenvalue weighted by Gasteiger charge is -2.28. The van der Waals surface area contributed by atoms with E-state index in [1.165, 1.54) is 18.2 Å². The molecule has 12 heteroatoms. The number of fused-ring (bicyclic) bond motifs is 1. The first kappa shape index (κ1) is 36.4. The van der Waals surface area contributed by atoms with Gasteiger partial charge in [-0.2, -0.15) is 0 Å². The van der Waals surface area contributed by atoms with Gasteiger partial charge in [0, 0.05) is 19.0 Å². The fourth-order valence-corrected chi connectivity index (χ4v) is 5.54. The molecule has 5 rings (SSSR count). The maximum absolute atomic E-state index is 13.8. The highest BCUT2D eigenvalue weighted by Gasteiger charge is 2.31. The Hall–Kier alpha value is -5.91. The Morgan fingerprint density at radius 3 is 2.43 bits per heavy atom. The number of carbonyl (C=O) groups is 4. The van der Waals surface area contributed by atoms with Gasteiger partial charge in [-0.15, -0.1) is 0 Å². The Bertz CT molecular complexity index is 1820. The van der Waals surface area contributed by atoms with E-state index in [1.807, 2.05) is 37.3 Å². The summed E-state index contributed by atoms with van der Waals surface area (Å²) in [7, 11) is 0. The molecule has 0 aromatic heterocycles. The van der Waals surface area contributed by atoms with Crippen LogP contribution in [-0.2, 0) is 20.8 Å². The standard InChI is InChI=1S/C39H41FN4O7/c1-3-44-20-21-49-33-17-8-7-16-30(33)37(46)43-31(24-36(45)42-32(39(44)48)22-27-12-5-4-6-13-27)38(47)41-26(2)25-50-34-18-9-10-19-35(34)51-29-15-11-14-28(40)23-29/h4-19,23,26,31-32H,3,20-22,24-25H2,1-2H3,(H,41,47)(H,42,45)(H,43,46)/t26-,31+,32-/m1/s1. The highest BCUT2D eigenvalue weighted by molar-refractivity contribution is 6.01. The largest absolute Gasteiger partial charge is 0.491 e. The molecule has 4 aromatic rings. The molecule has 51 heavy (non-hydrogen) atoms. The van der Waals surface area contributed by atoms with Gasteiger partial charge in [0.1, 0.15) is 42.6 Å². The zero-order valence-corrected chi connectivity index (χ0v) is 28.5. The number of carbonyl (C=O) groups excluding carboxylic acids is 4. The van der Waals surface area contributed by atoms with Crippen LogP contribution in [0.4, 0.5) is 4.39 Å². The second-order valence-corrected chi connectivity index (χ2v) is 12.0. The smallest absolute Gasteiger partial charge is 0.255 e. The zero-order valence-electron chi connectivity index (χ0n) is 28.5. The van der Waals surface area contributed by atoms with Crippen molar-refractivity contribution in [3.05, 3.63) is 120 Å². The van der Waals surface area contributed by atoms with Crippen molar-refractivity contribution < 1.29 is 37.8 Å². The molecule has 0 aliphatic carbocycles. The van der Waals surface area contributed by atoms with E-state index in [0.717, 1.165) is 5.56 Å². The van der Waals surface area contributed by atoms with Gasteiger partial charge in [-0.1, -0.05) is 60.7 Å². The lowest BCUT2D eigenvalue weighted by Crippen LogP contribution is -2.54. The quantitative estimate of drug-likeness (QED) is 0.220. The predicted molar refractivity (Wildman–Crippen MR) is 188 cm³/mol. The third-order valence-electron chi connectivity index (χ3n) is 8.12. The molecule has 4 aromatic carbocycles. The molecule has 266 valence electrons. The van der Waals surface area contributed by atoms with Gasteiger partial charge in [0.05, 0.1) is 24.6 Å². The molecule has 3 N–H and O–H groups in total. The van der Waals surface area contributed by atoms with Crippen LogP contribution in [0.1, 0.15) is 36.2 Å². The van der Waals surface area contributed by atoms with Gasteiger partial charge in [-0.05, 0) is 55.8 Å². The van der Waals surface area contributed by atoms with Crippen LogP contribution in [-0.4, -0.2) is 73.0 Å². The van der Waals surface area contributed by atoms with E-state index >= 15 is 0 Å². The van der Waals surface area contributed by atoms with Gasteiger partial charge < -0.3 is 35.1 Å². The average molecular weight is 697 g/mol. The minimum atomic E-state index is -1.31. The van der Waals surface area contributed by atoms with E-state index in [-0.39, 0.29) is 49.1 Å². The number of likely N-dealkylation sites (N-methyl/N-ethyl adjacent to an activating group) is 1. The maximum atomic E-state index is 13.8. The van der Waals surface area contributed by atoms with Crippen molar-refractivity contribution in [2.45, 2.75) is 44.8 Å². The molecule has 0 radical (unpaired) electrons. The predicted octanol–water partition coefficient (Wildman–Crippen LogP) is 4.66. The Morgan fingerprint density at radius 2 is 1.67 bits per heavy atom. The Morgan fingerprint density at radius 1 is 0.941 bits per heavy atom. The van der Waals surface area contributed by atoms with Crippen molar-refractivity contribution in [3.63, 3.8) is 0 Å². The first-order chi connectivity index (χ1) is 24.7. The van der Waals surface area contributed by atoms with Gasteiger partial charge in [0.25, 0.3) is 5.91 Å². The maximum Gasteiger partial charge on any atom is 0.255 e. The second-order valence-electron chi connectivity index (χ2n) is 12.0. The summed E-state index contributed by atoms with van der Waals surface area (Å²) in [5.74, 6) is -1.29. The SMILES string of the molecule is CCN1CCOc2ccccc2C(=O)N[C@H](C(=O)N[C@H](C)COc2ccccc2Oc2cccc(F)c2)CC(=O)N[C@H](Cc2ccccc2)C1=O. The lowest BCUT2D eigenvalue weighted by molar-refractivity contribution is -0.137. The van der Waals surface area contributed by atoms with Crippen molar-refractivity contribution in [2.75, 3.05) is 26.3 Å². The third kappa shape index (κ3) is 10.3. The molecule has 1 aliphatic rings. The fourth-order valence-electron chi connectivity index (χ4n) is 5.54. The van der Waals surface area contributed by atoms with Crippen LogP contribution in [0.25, 0.3) is 0 Å². The number of ether oxygens (including phenoxy) is 3. The highest BCUT2D eigenvalue weighted by atomic mass is 19.1. The number of nitrogens with zero attached hydrogens (tertiary/aromatic N) is 1. The normalized spacial score (nSPS) is 17.5. The Balaban J connectivity index is 1.32. The summed E-state index contributed by atoms with van der Waals surface area (Å²) in [4.78, 5) is 56.2. The summed E-state index contributed by atoms with van der Waals surface area (Å²) in [6.07, 6.45) is -0.212. The number of para-hydroxylation sites is 3. The van der Waals surface area contributed by atoms with Gasteiger partial charge >= 0.3 is 0 Å². The molecule has 3 atom stereocenters. The molecule has 0 bridgehead atoms. The van der Waals surface area contributed by atoms with Crippen LogP contribution in [0, 0.1) is 5.82 Å². The van der Waals surface area contributed by atoms with Crippen LogP contribution in [0.5, 0.6) is 23.0 Å². The molecule has 4 amide bonds. The number of halogens is 1. The summed E-state index contributed by atoms with van der Waals surface area (Å²) in [5.41, 5.74) is 1.02. The van der Waals surface area contributed by atoms with Crippen LogP contribution < -0.4 is 30.2 Å². The first-order valence-electron chi connectivity index (χ1n) is 16.8. The zero-order chi connectivity index (χ0) is 36.2. The molecular formula is C39H41FN4O7. The highest BCUT2D eigenvalue weighted by Crippen LogP contribution is 2.31. The molecule has 11 nitrogen and oxygen atoms in total. The van der Waals surface area contributed by atoms with Crippen LogP contribution in [0.2, 0.25) is 0 Å². The summed E-state index contributed by atoms with van der Waals surface area (Å²) < 4.78 is 31.5. The first-order valence-corrected chi connectivity index (χ1v) is 16.8. The van der Waals surface area contributed by atoms with Crippen LogP contribution in [0.3, 0.4) is 0 Å². The van der Waals surface area contributed by atoms with E-state index in [1.54, 1.807) is 66.4 Å². The van der Waals surface area contributed by atoms with Crippen molar-refractivity contribution in [1.82, 2.24) is 20.9 Å². The lowest BCUT2D eigenvalue weighted by atomic mass is 10.0. The van der Waals surface area contributed by atoms with E-state index in [9.17, 15) is 23.6 Å². The number of amides is 4. The van der Waals surface area contributed by atoms with Crippen molar-refractivity contribution in [1.29, 1.82) is 0 Å². The van der Waals surface area contributed by atoms with Gasteiger partial charge in [0.15, 0.2) is 11.5 Å². The van der Waals surface area contributed by atoms with Crippen molar-refractivity contribution in [3.8, 4) is 23.0 Å². The number of nitrogens with one attached hydrogen (secondary N) is 3. The average Bonchev–Trinajstić information content (AvgIpc) is 3.12. The summed E-state index contributed by atoms with van der Waals surface area (Å²) in [6.45, 7) is 4.25. The van der Waals surface area contributed by atoms with E-state index in [2.05, 4.69) is 16.0 Å². The number of hydrogen-bond acceptors (Lipinski definition) is 7. The molecule has 0 unspecified atom stereocenters. The molecule has 0 saturated heterocycles. The van der Waals surface area contributed by atoms with Crippen LogP contribution >= 0.6 is 0 Å². The number of benzene rings is 4. The third-order valence-corrected chi connectivity index (χ3v) is 8.12. The minimum absolute atomic E-state index is 0.000690. The van der Waals surface area contributed by atoms with Gasteiger partial charge in [-0.3, -0.25) is 19.2 Å². The Labute approximate surface area is 296 Å². The van der Waals surface area contributed by atoms with Gasteiger partial charge in [0.2, 0.25) is 17.7 Å². The monoisotopic (exact) mass is 696 g/mol. The molecular weight excluding hydrogens is 655 g/mol. The minimum Gasteiger partial charge on any atom is -0.491 e. The number of hydrogen-bond donors (Lipinski definition) is 3.